The van der Waals surface area contributed by atoms with Crippen molar-refractivity contribution in [2.24, 2.45) is 7.05 Å². The van der Waals surface area contributed by atoms with E-state index in [1.165, 1.54) is 11.3 Å². The Labute approximate surface area is 189 Å². The van der Waals surface area contributed by atoms with Crippen LogP contribution >= 0.6 is 0 Å². The fourth-order valence-corrected chi connectivity index (χ4v) is 4.50. The van der Waals surface area contributed by atoms with Crippen LogP contribution in [0, 0.1) is 6.57 Å². The number of rotatable bonds is 4. The zero-order chi connectivity index (χ0) is 23.0. The van der Waals surface area contributed by atoms with Gasteiger partial charge in [0, 0.05) is 64.6 Å². The summed E-state index contributed by atoms with van der Waals surface area (Å²) in [6.45, 7) is 14.3. The summed E-state index contributed by atoms with van der Waals surface area (Å²) in [6, 6.07) is 14.3. The number of aryl methyl sites for hydroxylation is 1. The third kappa shape index (κ3) is 4.06. The minimum absolute atomic E-state index is 0.0624. The van der Waals surface area contributed by atoms with Crippen LogP contribution in [0.3, 0.4) is 0 Å². The number of anilines is 2. The maximum atomic E-state index is 12.7. The Morgan fingerprint density at radius 2 is 1.91 bits per heavy atom. The van der Waals surface area contributed by atoms with Crippen LogP contribution in [0.1, 0.15) is 19.4 Å². The first kappa shape index (κ1) is 21.8. The first-order valence-electron chi connectivity index (χ1n) is 10.9. The Hall–Kier alpha value is -3.37. The van der Waals surface area contributed by atoms with Crippen molar-refractivity contribution >= 4 is 28.2 Å². The van der Waals surface area contributed by atoms with E-state index >= 15 is 0 Å². The second-order valence-electron chi connectivity index (χ2n) is 8.92. The predicted octanol–water partition coefficient (Wildman–Crippen LogP) is 3.65. The van der Waals surface area contributed by atoms with Gasteiger partial charge in [-0.05, 0) is 43.7 Å². The minimum Gasteiger partial charge on any atom is -0.378 e. The van der Waals surface area contributed by atoms with Gasteiger partial charge in [0.1, 0.15) is 0 Å². The number of aromatic nitrogens is 2. The second kappa shape index (κ2) is 8.64. The van der Waals surface area contributed by atoms with Crippen LogP contribution in [0.4, 0.5) is 17.2 Å². The molecule has 1 fully saturated rings. The fraction of sp³-hybridized carbons (Fsp3) is 0.400. The minimum atomic E-state index is -0.0624. The van der Waals surface area contributed by atoms with Crippen LogP contribution in [0.25, 0.3) is 15.9 Å². The van der Waals surface area contributed by atoms with Gasteiger partial charge in [-0.25, -0.2) is 0 Å². The largest absolute Gasteiger partial charge is 0.378 e. The Kier molecular flexibility index (Phi) is 5.90. The third-order valence-electron chi connectivity index (χ3n) is 6.41. The van der Waals surface area contributed by atoms with Gasteiger partial charge in [0.25, 0.3) is 11.4 Å². The summed E-state index contributed by atoms with van der Waals surface area (Å²) in [5.74, 6) is 0.345. The molecule has 2 atom stereocenters. The molecule has 1 saturated heterocycles. The lowest BCUT2D eigenvalue weighted by Gasteiger charge is -2.45. The fourth-order valence-electron chi connectivity index (χ4n) is 4.50. The predicted molar refractivity (Wildman–Crippen MR) is 131 cm³/mol. The van der Waals surface area contributed by atoms with Crippen molar-refractivity contribution in [2.45, 2.75) is 32.5 Å². The van der Waals surface area contributed by atoms with Crippen LogP contribution in [0.2, 0.25) is 0 Å². The van der Waals surface area contributed by atoms with Gasteiger partial charge in [0.2, 0.25) is 5.52 Å². The van der Waals surface area contributed by atoms with E-state index < -0.39 is 0 Å². The van der Waals surface area contributed by atoms with E-state index in [9.17, 15) is 4.79 Å². The molecule has 4 rings (SSSR count). The molecule has 0 radical (unpaired) electrons. The summed E-state index contributed by atoms with van der Waals surface area (Å²) in [7, 11) is 5.87. The van der Waals surface area contributed by atoms with Crippen molar-refractivity contribution in [1.82, 2.24) is 14.5 Å². The average molecular weight is 431 g/mol. The molecule has 1 aliphatic rings. The van der Waals surface area contributed by atoms with Crippen LogP contribution in [0.5, 0.6) is 0 Å². The number of hydrogen-bond acceptors (Lipinski definition) is 5. The second-order valence-corrected chi connectivity index (χ2v) is 8.92. The lowest BCUT2D eigenvalue weighted by Crippen LogP contribution is -2.56. The number of piperazine rings is 1. The van der Waals surface area contributed by atoms with Crippen molar-refractivity contribution in [2.75, 3.05) is 37.0 Å². The molecule has 7 nitrogen and oxygen atoms in total. The summed E-state index contributed by atoms with van der Waals surface area (Å²) in [5.41, 5.74) is 4.73. The molecule has 3 aromatic rings. The molecular weight excluding hydrogens is 400 g/mol. The Balaban J connectivity index is 1.64. The molecule has 0 saturated carbocycles. The van der Waals surface area contributed by atoms with E-state index in [1.54, 1.807) is 23.7 Å². The van der Waals surface area contributed by atoms with Crippen molar-refractivity contribution in [3.63, 3.8) is 0 Å². The van der Waals surface area contributed by atoms with Gasteiger partial charge in [-0.2, -0.15) is 0 Å². The first-order chi connectivity index (χ1) is 15.3. The Morgan fingerprint density at radius 3 is 2.62 bits per heavy atom. The third-order valence-corrected chi connectivity index (χ3v) is 6.41. The zero-order valence-corrected chi connectivity index (χ0v) is 19.4. The number of pyridine rings is 2. The molecule has 0 spiro atoms. The summed E-state index contributed by atoms with van der Waals surface area (Å²) in [5, 5.41) is 0. The number of nitrogens with zero attached hydrogens (tertiary/aromatic N) is 6. The van der Waals surface area contributed by atoms with Gasteiger partial charge in [-0.1, -0.05) is 18.7 Å². The van der Waals surface area contributed by atoms with E-state index in [2.05, 4.69) is 76.7 Å². The molecule has 0 aliphatic carbocycles. The topological polar surface area (TPSA) is 49.0 Å². The molecular formula is C25H30N6O. The quantitative estimate of drug-likeness (QED) is 0.592. The standard InChI is InChI=1S/C25H30N6O/c1-17-15-31(18(2)14-30(17)16-19-8-7-9-20(12-19)28(4)5)22-13-24(32)29(6)21-10-11-23(26-3)27-25(21)22/h7-13,17-18H,14-16H2,1-2,4-6H3/t17-,18+/m1/s1. The van der Waals surface area contributed by atoms with E-state index in [0.717, 1.165) is 30.8 Å². The molecule has 32 heavy (non-hydrogen) atoms. The Bertz CT molecular complexity index is 1240. The SMILES string of the molecule is [C-]#[N+]c1ccc2c(n1)c(N1C[C@@H](C)N(Cc3cccc(N(C)C)c3)C[C@@H]1C)cc(=O)n2C. The van der Waals surface area contributed by atoms with Gasteiger partial charge in [-0.3, -0.25) is 9.69 Å². The molecule has 0 N–H and O–H groups in total. The average Bonchev–Trinajstić information content (AvgIpc) is 2.78. The molecule has 1 aromatic carbocycles. The van der Waals surface area contributed by atoms with Crippen LogP contribution in [-0.4, -0.2) is 53.7 Å². The summed E-state index contributed by atoms with van der Waals surface area (Å²) in [6.07, 6.45) is 0. The van der Waals surface area contributed by atoms with E-state index in [1.807, 2.05) is 6.07 Å². The zero-order valence-electron chi connectivity index (χ0n) is 19.4. The summed E-state index contributed by atoms with van der Waals surface area (Å²) in [4.78, 5) is 27.6. The van der Waals surface area contributed by atoms with Crippen LogP contribution in [0.15, 0.2) is 47.3 Å². The van der Waals surface area contributed by atoms with Crippen molar-refractivity contribution in [1.29, 1.82) is 0 Å². The van der Waals surface area contributed by atoms with Crippen molar-refractivity contribution < 1.29 is 0 Å². The summed E-state index contributed by atoms with van der Waals surface area (Å²) < 4.78 is 1.60. The monoisotopic (exact) mass is 430 g/mol. The molecule has 0 amide bonds. The molecule has 0 unspecified atom stereocenters. The number of benzene rings is 1. The Morgan fingerprint density at radius 1 is 1.12 bits per heavy atom. The lowest BCUT2D eigenvalue weighted by atomic mass is 10.0. The first-order valence-corrected chi connectivity index (χ1v) is 10.9. The highest BCUT2D eigenvalue weighted by molar-refractivity contribution is 5.89. The highest BCUT2D eigenvalue weighted by atomic mass is 16.1. The maximum Gasteiger partial charge on any atom is 0.270 e. The molecule has 3 heterocycles. The van der Waals surface area contributed by atoms with Gasteiger partial charge in [0.05, 0.1) is 11.2 Å². The number of fused-ring (bicyclic) bond motifs is 1. The molecule has 0 bridgehead atoms. The van der Waals surface area contributed by atoms with E-state index in [4.69, 9.17) is 6.57 Å². The maximum absolute atomic E-state index is 12.7. The van der Waals surface area contributed by atoms with Gasteiger partial charge >= 0.3 is 0 Å². The van der Waals surface area contributed by atoms with E-state index in [-0.39, 0.29) is 11.6 Å². The lowest BCUT2D eigenvalue weighted by molar-refractivity contribution is 0.158. The van der Waals surface area contributed by atoms with Crippen molar-refractivity contribution in [3.8, 4) is 0 Å². The smallest absolute Gasteiger partial charge is 0.270 e. The van der Waals surface area contributed by atoms with Gasteiger partial charge in [0.15, 0.2) is 0 Å². The number of hydrogen-bond donors (Lipinski definition) is 0. The van der Waals surface area contributed by atoms with Gasteiger partial charge < -0.3 is 19.2 Å². The molecule has 2 aromatic heterocycles. The van der Waals surface area contributed by atoms with Crippen molar-refractivity contribution in [3.05, 3.63) is 69.8 Å². The highest BCUT2D eigenvalue weighted by Crippen LogP contribution is 2.30. The molecule has 166 valence electrons. The van der Waals surface area contributed by atoms with E-state index in [0.29, 0.717) is 17.4 Å². The molecule has 1 aliphatic heterocycles. The summed E-state index contributed by atoms with van der Waals surface area (Å²) >= 11 is 0. The van der Waals surface area contributed by atoms with Gasteiger partial charge in [-0.15, -0.1) is 4.98 Å². The molecule has 7 heteroatoms. The van der Waals surface area contributed by atoms with Crippen LogP contribution < -0.4 is 15.4 Å². The van der Waals surface area contributed by atoms with Crippen LogP contribution in [-0.2, 0) is 13.6 Å². The normalized spacial score (nSPS) is 19.2. The highest BCUT2D eigenvalue weighted by Gasteiger charge is 2.31.